The van der Waals surface area contributed by atoms with Crippen LogP contribution in [0.3, 0.4) is 0 Å². The Bertz CT molecular complexity index is 829. The molecule has 0 saturated carbocycles. The number of benzene rings is 2. The minimum Gasteiger partial charge on any atom is -0.480 e. The van der Waals surface area contributed by atoms with Crippen molar-refractivity contribution in [2.45, 2.75) is 11.8 Å². The normalized spacial score (nSPS) is 10.7. The van der Waals surface area contributed by atoms with Crippen LogP contribution in [0.25, 0.3) is 22.8 Å². The number of carboxylic acids is 1. The second-order valence-corrected chi connectivity index (χ2v) is 6.09. The molecule has 0 fully saturated rings. The van der Waals surface area contributed by atoms with E-state index in [4.69, 9.17) is 9.63 Å². The Morgan fingerprint density at radius 2 is 1.79 bits per heavy atom. The van der Waals surface area contributed by atoms with Gasteiger partial charge in [0.1, 0.15) is 6.54 Å². The fourth-order valence-electron chi connectivity index (χ4n) is 2.01. The van der Waals surface area contributed by atoms with E-state index in [0.29, 0.717) is 11.7 Å². The predicted octanol–water partition coefficient (Wildman–Crippen LogP) is 3.39. The Labute approximate surface area is 143 Å². The van der Waals surface area contributed by atoms with E-state index in [1.165, 1.54) is 17.5 Å². The van der Waals surface area contributed by atoms with E-state index in [-0.39, 0.29) is 6.54 Å². The summed E-state index contributed by atoms with van der Waals surface area (Å²) in [5.74, 6) is 0.0980. The highest BCUT2D eigenvalue weighted by Crippen LogP contribution is 2.24. The molecule has 0 atom stereocenters. The lowest BCUT2D eigenvalue weighted by Gasteiger charge is -2.01. The van der Waals surface area contributed by atoms with Crippen LogP contribution in [0.2, 0.25) is 0 Å². The molecule has 3 rings (SSSR count). The van der Waals surface area contributed by atoms with Gasteiger partial charge in [-0.15, -0.1) is 0 Å². The molecule has 0 aliphatic rings. The van der Waals surface area contributed by atoms with Crippen molar-refractivity contribution in [1.29, 1.82) is 0 Å². The SMILES string of the molecule is Cc1ccc(-c2noc(-c3ccc(SNCC(=O)O)cc3)n2)cc1. The molecule has 1 aromatic heterocycles. The van der Waals surface area contributed by atoms with Gasteiger partial charge >= 0.3 is 5.97 Å². The molecular formula is C17H15N3O3S. The zero-order valence-electron chi connectivity index (χ0n) is 12.9. The van der Waals surface area contributed by atoms with E-state index >= 15 is 0 Å². The summed E-state index contributed by atoms with van der Waals surface area (Å²) >= 11 is 1.26. The summed E-state index contributed by atoms with van der Waals surface area (Å²) in [6.45, 7) is 1.92. The van der Waals surface area contributed by atoms with Crippen LogP contribution in [0.1, 0.15) is 5.56 Å². The Kier molecular flexibility index (Phi) is 4.93. The van der Waals surface area contributed by atoms with Crippen LogP contribution < -0.4 is 4.72 Å². The molecule has 6 nitrogen and oxygen atoms in total. The molecule has 0 aliphatic heterocycles. The summed E-state index contributed by atoms with van der Waals surface area (Å²) in [5, 5.41) is 12.6. The lowest BCUT2D eigenvalue weighted by Crippen LogP contribution is -2.15. The Hall–Kier alpha value is -2.64. The lowest BCUT2D eigenvalue weighted by atomic mass is 10.1. The van der Waals surface area contributed by atoms with Crippen LogP contribution in [0.4, 0.5) is 0 Å². The third kappa shape index (κ3) is 4.01. The van der Waals surface area contributed by atoms with Crippen LogP contribution in [-0.4, -0.2) is 27.8 Å². The third-order valence-corrected chi connectivity index (χ3v) is 4.05. The van der Waals surface area contributed by atoms with Gasteiger partial charge < -0.3 is 9.63 Å². The fourth-order valence-corrected chi connectivity index (χ4v) is 2.64. The second kappa shape index (κ2) is 7.29. The van der Waals surface area contributed by atoms with Crippen molar-refractivity contribution in [3.05, 3.63) is 54.1 Å². The standard InChI is InChI=1S/C17H15N3O3S/c1-11-2-4-12(5-3-11)16-19-17(23-20-16)13-6-8-14(9-7-13)24-18-10-15(21)22/h2-9,18H,10H2,1H3,(H,21,22). The molecule has 122 valence electrons. The summed E-state index contributed by atoms with van der Waals surface area (Å²) in [7, 11) is 0. The van der Waals surface area contributed by atoms with Gasteiger partial charge in [-0.25, -0.2) is 4.72 Å². The molecule has 0 unspecified atom stereocenters. The molecule has 0 spiro atoms. The Morgan fingerprint density at radius 3 is 2.46 bits per heavy atom. The summed E-state index contributed by atoms with van der Waals surface area (Å²) < 4.78 is 8.08. The van der Waals surface area contributed by atoms with Crippen molar-refractivity contribution in [1.82, 2.24) is 14.9 Å². The number of carboxylic acid groups (broad SMARTS) is 1. The number of aromatic nitrogens is 2. The molecule has 1 heterocycles. The van der Waals surface area contributed by atoms with Crippen LogP contribution in [-0.2, 0) is 4.79 Å². The van der Waals surface area contributed by atoms with Gasteiger partial charge in [-0.2, -0.15) is 4.98 Å². The molecule has 2 aromatic carbocycles. The number of hydrogen-bond donors (Lipinski definition) is 2. The summed E-state index contributed by atoms with van der Waals surface area (Å²) in [4.78, 5) is 15.8. The van der Waals surface area contributed by atoms with Crippen molar-refractivity contribution in [2.24, 2.45) is 0 Å². The van der Waals surface area contributed by atoms with Gasteiger partial charge in [0.2, 0.25) is 5.82 Å². The first kappa shape index (κ1) is 16.2. The Balaban J connectivity index is 1.71. The quantitative estimate of drug-likeness (QED) is 0.664. The van der Waals surface area contributed by atoms with Gasteiger partial charge in [0.05, 0.1) is 0 Å². The molecule has 3 aromatic rings. The minimum absolute atomic E-state index is 0.101. The molecule has 0 amide bonds. The number of carbonyl (C=O) groups is 1. The molecule has 24 heavy (non-hydrogen) atoms. The van der Waals surface area contributed by atoms with E-state index in [2.05, 4.69) is 14.9 Å². The average Bonchev–Trinajstić information content (AvgIpc) is 3.06. The van der Waals surface area contributed by atoms with E-state index in [1.807, 2.05) is 55.5 Å². The number of aryl methyl sites for hydroxylation is 1. The number of aliphatic carboxylic acids is 1. The van der Waals surface area contributed by atoms with Gasteiger partial charge in [0.15, 0.2) is 0 Å². The largest absolute Gasteiger partial charge is 0.480 e. The van der Waals surface area contributed by atoms with Crippen molar-refractivity contribution < 1.29 is 14.4 Å². The van der Waals surface area contributed by atoms with Gasteiger partial charge in [0.25, 0.3) is 5.89 Å². The molecule has 0 aliphatic carbocycles. The average molecular weight is 341 g/mol. The molecule has 2 N–H and O–H groups in total. The molecule has 0 radical (unpaired) electrons. The smallest absolute Gasteiger partial charge is 0.318 e. The topological polar surface area (TPSA) is 88.2 Å². The number of hydrogen-bond acceptors (Lipinski definition) is 6. The monoisotopic (exact) mass is 341 g/mol. The van der Waals surface area contributed by atoms with Crippen LogP contribution in [0, 0.1) is 6.92 Å². The molecule has 0 saturated heterocycles. The van der Waals surface area contributed by atoms with Gasteiger partial charge in [-0.3, -0.25) is 4.79 Å². The van der Waals surface area contributed by atoms with Crippen molar-refractivity contribution in [3.63, 3.8) is 0 Å². The van der Waals surface area contributed by atoms with Crippen molar-refractivity contribution in [2.75, 3.05) is 6.54 Å². The minimum atomic E-state index is -0.895. The first-order valence-corrected chi connectivity index (χ1v) is 8.06. The lowest BCUT2D eigenvalue weighted by molar-refractivity contribution is -0.135. The third-order valence-electron chi connectivity index (χ3n) is 3.25. The highest BCUT2D eigenvalue weighted by atomic mass is 32.2. The van der Waals surface area contributed by atoms with Crippen LogP contribution >= 0.6 is 11.9 Å². The zero-order chi connectivity index (χ0) is 16.9. The maximum absolute atomic E-state index is 10.5. The summed E-state index contributed by atoms with van der Waals surface area (Å²) in [6, 6.07) is 15.4. The fraction of sp³-hybridized carbons (Fsp3) is 0.118. The Morgan fingerprint density at radius 1 is 1.12 bits per heavy atom. The number of nitrogens with zero attached hydrogens (tertiary/aromatic N) is 2. The number of nitrogens with one attached hydrogen (secondary N) is 1. The van der Waals surface area contributed by atoms with Gasteiger partial charge in [-0.05, 0) is 43.1 Å². The molecule has 7 heteroatoms. The van der Waals surface area contributed by atoms with E-state index < -0.39 is 5.97 Å². The first-order valence-electron chi connectivity index (χ1n) is 7.24. The number of rotatable bonds is 6. The van der Waals surface area contributed by atoms with Crippen molar-refractivity contribution >= 4 is 17.9 Å². The predicted molar refractivity (Wildman–Crippen MR) is 91.4 cm³/mol. The summed E-state index contributed by atoms with van der Waals surface area (Å²) in [6.07, 6.45) is 0. The highest BCUT2D eigenvalue weighted by molar-refractivity contribution is 7.97. The van der Waals surface area contributed by atoms with Crippen LogP contribution in [0.15, 0.2) is 57.9 Å². The highest BCUT2D eigenvalue weighted by Gasteiger charge is 2.10. The van der Waals surface area contributed by atoms with Crippen molar-refractivity contribution in [3.8, 4) is 22.8 Å². The maximum Gasteiger partial charge on any atom is 0.318 e. The molecular weight excluding hydrogens is 326 g/mol. The van der Waals surface area contributed by atoms with Gasteiger partial charge in [-0.1, -0.05) is 35.0 Å². The molecule has 0 bridgehead atoms. The van der Waals surface area contributed by atoms with E-state index in [1.54, 1.807) is 0 Å². The van der Waals surface area contributed by atoms with E-state index in [0.717, 1.165) is 16.0 Å². The van der Waals surface area contributed by atoms with E-state index in [9.17, 15) is 4.79 Å². The zero-order valence-corrected chi connectivity index (χ0v) is 13.7. The maximum atomic E-state index is 10.5. The summed E-state index contributed by atoms with van der Waals surface area (Å²) in [5.41, 5.74) is 2.89. The van der Waals surface area contributed by atoms with Gasteiger partial charge in [0, 0.05) is 16.0 Å². The first-order chi connectivity index (χ1) is 11.6. The van der Waals surface area contributed by atoms with Crippen LogP contribution in [0.5, 0.6) is 0 Å². The second-order valence-electron chi connectivity index (χ2n) is 5.13.